The Balaban J connectivity index is 0.00000135. The van der Waals surface area contributed by atoms with Crippen molar-refractivity contribution in [1.29, 1.82) is 0 Å². The maximum Gasteiger partial charge on any atom is 0.174 e. The highest BCUT2D eigenvalue weighted by Gasteiger charge is 2.65. The summed E-state index contributed by atoms with van der Waals surface area (Å²) in [5.74, 6) is 2.46. The molecule has 27 heavy (non-hydrogen) atoms. The Morgan fingerprint density at radius 3 is 2.56 bits per heavy atom. The van der Waals surface area contributed by atoms with Crippen molar-refractivity contribution in [3.05, 3.63) is 23.3 Å². The second kappa shape index (κ2) is 8.09. The summed E-state index contributed by atoms with van der Waals surface area (Å²) in [6, 6.07) is 4.73. The van der Waals surface area contributed by atoms with Crippen molar-refractivity contribution in [1.82, 2.24) is 4.90 Å². The number of piperidine rings is 1. The van der Waals surface area contributed by atoms with Gasteiger partial charge in [-0.2, -0.15) is 0 Å². The Bertz CT molecular complexity index is 696. The zero-order chi connectivity index (χ0) is 15.1. The summed E-state index contributed by atoms with van der Waals surface area (Å²) >= 11 is 0. The van der Waals surface area contributed by atoms with Gasteiger partial charge in [-0.3, -0.25) is 4.79 Å². The predicted molar refractivity (Wildman–Crippen MR) is 99.6 cm³/mol. The maximum absolute atomic E-state index is 12.6. The Morgan fingerprint density at radius 1 is 1.19 bits per heavy atom. The molecular formula is C18H31NO8. The lowest BCUT2D eigenvalue weighted by atomic mass is 9.52. The Morgan fingerprint density at radius 2 is 1.89 bits per heavy atom. The first-order chi connectivity index (χ1) is 10.7. The first kappa shape index (κ1) is 25.2. The van der Waals surface area contributed by atoms with Crippen molar-refractivity contribution >= 4 is 5.78 Å². The lowest BCUT2D eigenvalue weighted by molar-refractivity contribution is -0.138. The zero-order valence-electron chi connectivity index (χ0n) is 15.6. The fourth-order valence-electron chi connectivity index (χ4n) is 5.67. The Labute approximate surface area is 157 Å². The number of rotatable bonds is 1. The lowest BCUT2D eigenvalue weighted by Crippen LogP contribution is -2.65. The molecule has 0 unspecified atom stereocenters. The van der Waals surface area contributed by atoms with Crippen molar-refractivity contribution in [2.75, 3.05) is 20.7 Å². The molecule has 5 rings (SSSR count). The van der Waals surface area contributed by atoms with E-state index in [1.165, 1.54) is 11.1 Å². The average molecular weight is 389 g/mol. The predicted octanol–water partition coefficient (Wildman–Crippen LogP) is -2.19. The third-order valence-electron chi connectivity index (χ3n) is 6.59. The molecule has 0 amide bonds. The summed E-state index contributed by atoms with van der Waals surface area (Å²) in [5, 5.41) is 0. The fourth-order valence-corrected chi connectivity index (χ4v) is 5.67. The van der Waals surface area contributed by atoms with Crippen LogP contribution in [-0.4, -0.2) is 70.9 Å². The standard InChI is InChI=1S/C18H21NO3.5H2O/c1-19-8-7-18-11-4-5-13(20)17(18)22-16-14(21-2)6-3-10(15(16)18)9-12(11)19;;;;;/h3,6,11-12,17H,4-5,7-9H2,1-2H3;5*1H2/t11-,12+,17-,18-;;;;;/m0...../s1. The molecule has 2 bridgehead atoms. The van der Waals surface area contributed by atoms with Gasteiger partial charge in [-0.25, -0.2) is 0 Å². The molecule has 10 N–H and O–H groups in total. The van der Waals surface area contributed by atoms with Gasteiger partial charge in [0, 0.05) is 23.4 Å². The van der Waals surface area contributed by atoms with Gasteiger partial charge in [0.25, 0.3) is 0 Å². The van der Waals surface area contributed by atoms with E-state index in [4.69, 9.17) is 9.47 Å². The number of hydrogen-bond donors (Lipinski definition) is 0. The highest BCUT2D eigenvalue weighted by Crippen LogP contribution is 2.62. The van der Waals surface area contributed by atoms with Gasteiger partial charge >= 0.3 is 0 Å². The molecule has 156 valence electrons. The van der Waals surface area contributed by atoms with E-state index < -0.39 is 0 Å². The number of Topliss-reactive ketones (excluding diaryl/α,β-unsaturated/α-hetero) is 1. The van der Waals surface area contributed by atoms with Gasteiger partial charge in [-0.1, -0.05) is 6.07 Å². The van der Waals surface area contributed by atoms with Crippen molar-refractivity contribution < 1.29 is 41.6 Å². The molecule has 1 spiro atoms. The number of ether oxygens (including phenoxy) is 2. The maximum atomic E-state index is 12.6. The minimum atomic E-state index is -0.284. The fraction of sp³-hybridized carbons (Fsp3) is 0.611. The van der Waals surface area contributed by atoms with Crippen LogP contribution in [0.4, 0.5) is 0 Å². The van der Waals surface area contributed by atoms with E-state index in [-0.39, 0.29) is 44.7 Å². The largest absolute Gasteiger partial charge is 0.493 e. The Kier molecular flexibility index (Phi) is 7.57. The van der Waals surface area contributed by atoms with Gasteiger partial charge in [0.15, 0.2) is 23.4 Å². The molecule has 1 aromatic rings. The van der Waals surface area contributed by atoms with Crippen molar-refractivity contribution in [2.45, 2.75) is 43.2 Å². The first-order valence-electron chi connectivity index (χ1n) is 8.27. The molecule has 2 fully saturated rings. The van der Waals surface area contributed by atoms with E-state index in [9.17, 15) is 4.79 Å². The molecule has 9 heteroatoms. The van der Waals surface area contributed by atoms with Gasteiger partial charge < -0.3 is 41.8 Å². The topological polar surface area (TPSA) is 196 Å². The van der Waals surface area contributed by atoms with Crippen LogP contribution in [0, 0.1) is 5.92 Å². The van der Waals surface area contributed by atoms with Crippen LogP contribution in [0.5, 0.6) is 11.5 Å². The number of likely N-dealkylation sites (tertiary alicyclic amines) is 1. The average Bonchev–Trinajstić information content (AvgIpc) is 2.88. The van der Waals surface area contributed by atoms with Crippen LogP contribution in [0.25, 0.3) is 0 Å². The molecule has 2 aliphatic heterocycles. The minimum Gasteiger partial charge on any atom is -0.493 e. The van der Waals surface area contributed by atoms with E-state index >= 15 is 0 Å². The molecule has 9 nitrogen and oxygen atoms in total. The summed E-state index contributed by atoms with van der Waals surface area (Å²) in [6.45, 7) is 1.05. The van der Waals surface area contributed by atoms with E-state index in [2.05, 4.69) is 18.0 Å². The smallest absolute Gasteiger partial charge is 0.174 e. The summed E-state index contributed by atoms with van der Waals surface area (Å²) in [6.07, 6.45) is 3.47. The summed E-state index contributed by atoms with van der Waals surface area (Å²) in [7, 11) is 3.91. The van der Waals surface area contributed by atoms with Crippen LogP contribution >= 0.6 is 0 Å². The van der Waals surface area contributed by atoms with Gasteiger partial charge in [0.2, 0.25) is 0 Å². The number of likely N-dealkylation sites (N-methyl/N-ethyl adjacent to an activating group) is 1. The number of benzene rings is 1. The molecule has 0 aromatic heterocycles. The second-order valence-electron chi connectivity index (χ2n) is 7.28. The second-order valence-corrected chi connectivity index (χ2v) is 7.28. The third-order valence-corrected chi connectivity index (χ3v) is 6.59. The van der Waals surface area contributed by atoms with Crippen LogP contribution < -0.4 is 9.47 Å². The molecule has 4 aliphatic rings. The summed E-state index contributed by atoms with van der Waals surface area (Å²) in [5.41, 5.74) is 2.57. The van der Waals surface area contributed by atoms with Crippen LogP contribution in [0.1, 0.15) is 30.4 Å². The van der Waals surface area contributed by atoms with Crippen LogP contribution in [-0.2, 0) is 16.6 Å². The highest BCUT2D eigenvalue weighted by atomic mass is 16.5. The van der Waals surface area contributed by atoms with E-state index in [0.717, 1.165) is 37.3 Å². The number of ketones is 1. The SMILES string of the molecule is COc1ccc2c3c1O[C@H]1C(=O)CC[C@H]4[C@@H](C2)N(C)CC[C@]314.O.O.O.O.O. The number of methoxy groups -OCH3 is 1. The van der Waals surface area contributed by atoms with Gasteiger partial charge in [0.05, 0.1) is 7.11 Å². The molecule has 2 aliphatic carbocycles. The molecule has 1 saturated heterocycles. The van der Waals surface area contributed by atoms with E-state index in [1.54, 1.807) is 7.11 Å². The lowest BCUT2D eigenvalue weighted by Gasteiger charge is -2.57. The minimum absolute atomic E-state index is 0. The quantitative estimate of drug-likeness (QED) is 0.526. The van der Waals surface area contributed by atoms with Crippen molar-refractivity contribution in [3.8, 4) is 11.5 Å². The van der Waals surface area contributed by atoms with Gasteiger partial charge in [0.1, 0.15) is 0 Å². The van der Waals surface area contributed by atoms with Gasteiger partial charge in [-0.05, 0) is 50.4 Å². The number of carbonyl (C=O) groups excluding carboxylic acids is 1. The normalized spacial score (nSPS) is 31.3. The molecule has 0 radical (unpaired) electrons. The van der Waals surface area contributed by atoms with Crippen molar-refractivity contribution in [2.24, 2.45) is 5.92 Å². The van der Waals surface area contributed by atoms with Gasteiger partial charge in [-0.15, -0.1) is 0 Å². The first-order valence-corrected chi connectivity index (χ1v) is 8.27. The number of carbonyl (C=O) groups is 1. The zero-order valence-corrected chi connectivity index (χ0v) is 15.6. The van der Waals surface area contributed by atoms with Crippen LogP contribution in [0.3, 0.4) is 0 Å². The molecule has 1 aromatic carbocycles. The monoisotopic (exact) mass is 389 g/mol. The van der Waals surface area contributed by atoms with E-state index in [0.29, 0.717) is 18.4 Å². The summed E-state index contributed by atoms with van der Waals surface area (Å²) < 4.78 is 11.8. The molecule has 2 heterocycles. The Hall–Kier alpha value is -1.75. The third kappa shape index (κ3) is 2.74. The molecule has 4 atom stereocenters. The van der Waals surface area contributed by atoms with E-state index in [1.807, 2.05) is 6.07 Å². The number of nitrogens with zero attached hydrogens (tertiary/aromatic N) is 1. The van der Waals surface area contributed by atoms with Crippen LogP contribution in [0.2, 0.25) is 0 Å². The van der Waals surface area contributed by atoms with Crippen molar-refractivity contribution in [3.63, 3.8) is 0 Å². The van der Waals surface area contributed by atoms with Crippen LogP contribution in [0.15, 0.2) is 12.1 Å². The summed E-state index contributed by atoms with van der Waals surface area (Å²) in [4.78, 5) is 15.1. The molecule has 1 saturated carbocycles. The highest BCUT2D eigenvalue weighted by molar-refractivity contribution is 5.89. The molecular weight excluding hydrogens is 358 g/mol. The number of hydrogen-bond acceptors (Lipinski definition) is 4.